The van der Waals surface area contributed by atoms with E-state index in [-0.39, 0.29) is 21.7 Å². The van der Waals surface area contributed by atoms with E-state index in [1.165, 1.54) is 64.2 Å². The van der Waals surface area contributed by atoms with E-state index in [2.05, 4.69) is 20.8 Å². The summed E-state index contributed by atoms with van der Waals surface area (Å²) in [5, 5.41) is 0. The molecule has 0 bridgehead atoms. The molecule has 0 aliphatic heterocycles. The van der Waals surface area contributed by atoms with Crippen LogP contribution in [0.1, 0.15) is 83.1 Å². The molecule has 0 saturated heterocycles. The van der Waals surface area contributed by atoms with Crippen LogP contribution in [0.5, 0.6) is 0 Å². The van der Waals surface area contributed by atoms with E-state index < -0.39 is 0 Å². The molecule has 1 heteroatoms. The fourth-order valence-corrected chi connectivity index (χ4v) is 2.14. The van der Waals surface area contributed by atoms with E-state index in [1.807, 2.05) is 30.3 Å². The molecule has 0 saturated carbocycles. The van der Waals surface area contributed by atoms with Gasteiger partial charge in [-0.1, -0.05) is 77.2 Å². The molecule has 0 spiro atoms. The molecule has 0 N–H and O–H groups in total. The molecule has 0 amide bonds. The molecule has 1 rings (SSSR count). The minimum atomic E-state index is 0. The Bertz CT molecular complexity index is 258. The van der Waals surface area contributed by atoms with Gasteiger partial charge in [0.25, 0.3) is 0 Å². The number of hydrogen-bond acceptors (Lipinski definition) is 0. The number of unbranched alkanes of at least 4 members (excludes halogenated alkanes) is 10. The molecular weight excluding hydrogens is 288 g/mol. The van der Waals surface area contributed by atoms with Crippen LogP contribution < -0.4 is 0 Å². The fourth-order valence-electron chi connectivity index (χ4n) is 2.14. The zero-order valence-electron chi connectivity index (χ0n) is 14.1. The third-order valence-corrected chi connectivity index (χ3v) is 3.45. The van der Waals surface area contributed by atoms with Crippen molar-refractivity contribution in [2.45, 2.75) is 77.6 Å². The molecule has 0 fully saturated rings. The third kappa shape index (κ3) is 19.8. The molecule has 0 aliphatic carbocycles. The van der Waals surface area contributed by atoms with Crippen molar-refractivity contribution in [3.63, 3.8) is 0 Å². The monoisotopic (exact) mass is 322 g/mol. The van der Waals surface area contributed by atoms with Crippen LogP contribution in [0, 0.1) is 13.8 Å². The van der Waals surface area contributed by atoms with E-state index in [9.17, 15) is 0 Å². The van der Waals surface area contributed by atoms with E-state index in [0.717, 1.165) is 12.0 Å². The second-order valence-electron chi connectivity index (χ2n) is 5.52. The Morgan fingerprint density at radius 1 is 0.714 bits per heavy atom. The molecular formula is C20H34Ti. The summed E-state index contributed by atoms with van der Waals surface area (Å²) in [6.45, 7) is 9.85. The molecule has 0 nitrogen and oxygen atoms in total. The predicted molar refractivity (Wildman–Crippen MR) is 92.7 cm³/mol. The molecule has 0 aliphatic rings. The smallest absolute Gasteiger partial charge is 0.343 e. The summed E-state index contributed by atoms with van der Waals surface area (Å²) in [7, 11) is 0. The van der Waals surface area contributed by atoms with Crippen molar-refractivity contribution in [1.82, 2.24) is 0 Å². The first-order valence-electron chi connectivity index (χ1n) is 8.47. The summed E-state index contributed by atoms with van der Waals surface area (Å²) >= 11 is 0. The van der Waals surface area contributed by atoms with Crippen molar-refractivity contribution in [1.29, 1.82) is 0 Å². The van der Waals surface area contributed by atoms with Gasteiger partial charge in [0.05, 0.1) is 0 Å². The summed E-state index contributed by atoms with van der Waals surface area (Å²) in [5.74, 6) is 0. The van der Waals surface area contributed by atoms with Crippen LogP contribution in [-0.2, 0) is 21.7 Å². The van der Waals surface area contributed by atoms with Gasteiger partial charge in [0.2, 0.25) is 0 Å². The van der Waals surface area contributed by atoms with Gasteiger partial charge < -0.3 is 6.92 Å². The van der Waals surface area contributed by atoms with E-state index in [4.69, 9.17) is 0 Å². The van der Waals surface area contributed by atoms with Gasteiger partial charge in [0.15, 0.2) is 0 Å². The van der Waals surface area contributed by atoms with Crippen LogP contribution in [0.3, 0.4) is 0 Å². The van der Waals surface area contributed by atoms with Crippen molar-refractivity contribution in [3.05, 3.63) is 49.7 Å². The van der Waals surface area contributed by atoms with Gasteiger partial charge in [-0.3, -0.25) is 0 Å². The Labute approximate surface area is 149 Å². The number of hydrogen-bond donors (Lipinski definition) is 0. The van der Waals surface area contributed by atoms with E-state index >= 15 is 0 Å². The van der Waals surface area contributed by atoms with Crippen molar-refractivity contribution in [2.75, 3.05) is 0 Å². The minimum absolute atomic E-state index is 0. The molecule has 0 unspecified atom stereocenters. The van der Waals surface area contributed by atoms with Gasteiger partial charge in [-0.2, -0.15) is 31.0 Å². The van der Waals surface area contributed by atoms with Crippen molar-refractivity contribution in [3.8, 4) is 0 Å². The maximum atomic E-state index is 3.85. The van der Waals surface area contributed by atoms with Gasteiger partial charge in [0, 0.05) is 0 Å². The van der Waals surface area contributed by atoms with E-state index in [0.29, 0.717) is 0 Å². The van der Waals surface area contributed by atoms with Crippen LogP contribution in [0.25, 0.3) is 0 Å². The quantitative estimate of drug-likeness (QED) is 0.247. The molecule has 0 heterocycles. The summed E-state index contributed by atoms with van der Waals surface area (Å²) in [6.07, 6.45) is 15.4. The topological polar surface area (TPSA) is 0 Å². The van der Waals surface area contributed by atoms with Crippen LogP contribution in [0.15, 0.2) is 30.3 Å². The normalized spacial score (nSPS) is 9.43. The van der Waals surface area contributed by atoms with Crippen LogP contribution in [0.2, 0.25) is 0 Å². The summed E-state index contributed by atoms with van der Waals surface area (Å²) < 4.78 is 0. The van der Waals surface area contributed by atoms with Crippen LogP contribution in [0.4, 0.5) is 0 Å². The number of rotatable bonds is 10. The Morgan fingerprint density at radius 2 is 1.14 bits per heavy atom. The first-order chi connectivity index (χ1) is 9.81. The standard InChI is InChI=1S/C13H27.C7H7.Ti/c1-3-5-7-9-11-13-12-10-8-6-4-2;1-7-5-3-2-4-6-7;/h1,3-13H2,2H3;2-6H,1H2;/q2*-1;+2. The third-order valence-electron chi connectivity index (χ3n) is 3.45. The van der Waals surface area contributed by atoms with Gasteiger partial charge in [-0.05, 0) is 0 Å². The Morgan fingerprint density at radius 3 is 1.48 bits per heavy atom. The zero-order valence-corrected chi connectivity index (χ0v) is 15.6. The van der Waals surface area contributed by atoms with Crippen molar-refractivity contribution < 1.29 is 21.7 Å². The fraction of sp³-hybridized carbons (Fsp3) is 0.600. The second-order valence-corrected chi connectivity index (χ2v) is 5.52. The molecule has 21 heavy (non-hydrogen) atoms. The average Bonchev–Trinajstić information content (AvgIpc) is 2.47. The molecule has 1 aromatic rings. The second kappa shape index (κ2) is 19.8. The Hall–Kier alpha value is -0.196. The van der Waals surface area contributed by atoms with E-state index in [1.54, 1.807) is 0 Å². The maximum Gasteiger partial charge on any atom is 2.00 e. The van der Waals surface area contributed by atoms with Crippen molar-refractivity contribution in [2.24, 2.45) is 0 Å². The first-order valence-corrected chi connectivity index (χ1v) is 8.47. The molecule has 0 aromatic heterocycles. The summed E-state index contributed by atoms with van der Waals surface area (Å²) in [4.78, 5) is 0. The maximum absolute atomic E-state index is 3.85. The number of benzene rings is 1. The summed E-state index contributed by atoms with van der Waals surface area (Å²) in [5.41, 5.74) is 1.07. The largest absolute Gasteiger partial charge is 2.00 e. The van der Waals surface area contributed by atoms with Gasteiger partial charge in [-0.15, -0.1) is 12.1 Å². The molecule has 118 valence electrons. The predicted octanol–water partition coefficient (Wildman–Crippen LogP) is 7.00. The molecule has 0 radical (unpaired) electrons. The van der Waals surface area contributed by atoms with Crippen LogP contribution >= 0.6 is 0 Å². The molecule has 1 aromatic carbocycles. The summed E-state index contributed by atoms with van der Waals surface area (Å²) in [6, 6.07) is 9.87. The van der Waals surface area contributed by atoms with Crippen LogP contribution in [-0.4, -0.2) is 0 Å². The van der Waals surface area contributed by atoms with Gasteiger partial charge >= 0.3 is 21.7 Å². The van der Waals surface area contributed by atoms with Gasteiger partial charge in [0.1, 0.15) is 0 Å². The Balaban J connectivity index is 0. The first kappa shape index (κ1) is 23.1. The zero-order chi connectivity index (χ0) is 14.9. The minimum Gasteiger partial charge on any atom is -0.343 e. The molecule has 0 atom stereocenters. The van der Waals surface area contributed by atoms with Gasteiger partial charge in [-0.25, -0.2) is 0 Å². The SMILES string of the molecule is [CH2-]CCCCCCCCCCCC.[CH2-]c1ccccc1.[Ti+2]. The average molecular weight is 322 g/mol. The Kier molecular flexibility index (Phi) is 21.8. The van der Waals surface area contributed by atoms with Crippen molar-refractivity contribution >= 4 is 0 Å².